The molecule has 0 aromatic heterocycles. The van der Waals surface area contributed by atoms with Gasteiger partial charge in [-0.15, -0.1) is 0 Å². The maximum atomic E-state index is 12.8. The molecule has 93 heavy (non-hydrogen) atoms. The summed E-state index contributed by atoms with van der Waals surface area (Å²) in [5.74, 6) is -0.799. The van der Waals surface area contributed by atoms with Crippen LogP contribution in [0.3, 0.4) is 0 Å². The molecule has 0 amide bonds. The van der Waals surface area contributed by atoms with Gasteiger partial charge in [-0.25, -0.2) is 4.57 Å². The van der Waals surface area contributed by atoms with Gasteiger partial charge in [0.1, 0.15) is 6.61 Å². The van der Waals surface area contributed by atoms with Gasteiger partial charge in [0.15, 0.2) is 6.10 Å². The van der Waals surface area contributed by atoms with Gasteiger partial charge < -0.3 is 20.1 Å². The van der Waals surface area contributed by atoms with Crippen LogP contribution in [0.1, 0.15) is 438 Å². The van der Waals surface area contributed by atoms with Crippen LogP contribution in [0.15, 0.2) is 48.6 Å². The molecule has 0 aromatic rings. The van der Waals surface area contributed by atoms with E-state index in [0.717, 1.165) is 57.8 Å². The fraction of sp³-hybridized carbons (Fsp3) is 0.880. The van der Waals surface area contributed by atoms with Crippen molar-refractivity contribution in [1.29, 1.82) is 0 Å². The lowest BCUT2D eigenvalue weighted by molar-refractivity contribution is -0.161. The number of hydrogen-bond acceptors (Lipinski definition) is 8. The Bertz CT molecular complexity index is 1670. The van der Waals surface area contributed by atoms with Crippen molar-refractivity contribution in [1.82, 2.24) is 0 Å². The van der Waals surface area contributed by atoms with Crippen molar-refractivity contribution in [3.8, 4) is 0 Å². The summed E-state index contributed by atoms with van der Waals surface area (Å²) in [6.07, 6.45) is 103. The molecule has 0 aliphatic heterocycles. The number of carbonyl (C=O) groups is 2. The molecule has 9 nitrogen and oxygen atoms in total. The zero-order valence-electron chi connectivity index (χ0n) is 62.0. The molecule has 0 aliphatic carbocycles. The number of ether oxygens (including phenoxy) is 2. The average Bonchev–Trinajstić information content (AvgIpc) is 3.60. The number of phosphoric ester groups is 1. The molecule has 0 fully saturated rings. The summed E-state index contributed by atoms with van der Waals surface area (Å²) in [5.41, 5.74) is 5.42. The second kappa shape index (κ2) is 79.0. The van der Waals surface area contributed by atoms with Gasteiger partial charge in [-0.1, -0.05) is 422 Å². The molecule has 10 heteroatoms. The Morgan fingerprint density at radius 1 is 0.333 bits per heavy atom. The van der Waals surface area contributed by atoms with Gasteiger partial charge in [-0.2, -0.15) is 0 Å². The van der Waals surface area contributed by atoms with Crippen LogP contribution >= 0.6 is 7.82 Å². The van der Waals surface area contributed by atoms with E-state index in [1.807, 2.05) is 0 Å². The Balaban J connectivity index is 3.73. The van der Waals surface area contributed by atoms with E-state index in [2.05, 4.69) is 62.5 Å². The number of phosphoric acid groups is 1. The van der Waals surface area contributed by atoms with Crippen LogP contribution in [0.5, 0.6) is 0 Å². The normalized spacial score (nSPS) is 13.0. The maximum Gasteiger partial charge on any atom is 0.472 e. The molecule has 0 heterocycles. The molecule has 2 unspecified atom stereocenters. The van der Waals surface area contributed by atoms with Crippen molar-refractivity contribution in [2.24, 2.45) is 5.73 Å². The maximum absolute atomic E-state index is 12.8. The second-order valence-electron chi connectivity index (χ2n) is 28.0. The molecular formula is C83H158NO8P. The van der Waals surface area contributed by atoms with E-state index in [0.29, 0.717) is 6.42 Å². The van der Waals surface area contributed by atoms with E-state index in [1.165, 1.54) is 347 Å². The van der Waals surface area contributed by atoms with Crippen LogP contribution < -0.4 is 5.73 Å². The van der Waals surface area contributed by atoms with Crippen LogP contribution in [0, 0.1) is 0 Å². The number of hydrogen-bond donors (Lipinski definition) is 2. The summed E-state index contributed by atoms with van der Waals surface area (Å²) in [6, 6.07) is 0. The van der Waals surface area contributed by atoms with Crippen molar-refractivity contribution >= 4 is 19.8 Å². The first kappa shape index (κ1) is 91.0. The van der Waals surface area contributed by atoms with Crippen molar-refractivity contribution in [2.45, 2.75) is 444 Å². The highest BCUT2D eigenvalue weighted by molar-refractivity contribution is 7.47. The molecule has 0 spiro atoms. The predicted molar refractivity (Wildman–Crippen MR) is 404 cm³/mol. The Hall–Kier alpha value is -2.03. The average molecular weight is 1330 g/mol. The van der Waals surface area contributed by atoms with Gasteiger partial charge in [0.2, 0.25) is 0 Å². The minimum Gasteiger partial charge on any atom is -0.462 e. The van der Waals surface area contributed by atoms with E-state index in [4.69, 9.17) is 24.3 Å². The third-order valence-corrected chi connectivity index (χ3v) is 19.7. The van der Waals surface area contributed by atoms with Crippen LogP contribution in [-0.4, -0.2) is 49.3 Å². The van der Waals surface area contributed by atoms with Crippen LogP contribution in [0.2, 0.25) is 0 Å². The van der Waals surface area contributed by atoms with E-state index in [-0.39, 0.29) is 38.6 Å². The van der Waals surface area contributed by atoms with Gasteiger partial charge in [0.25, 0.3) is 0 Å². The summed E-state index contributed by atoms with van der Waals surface area (Å²) in [5, 5.41) is 0. The van der Waals surface area contributed by atoms with Gasteiger partial charge in [0.05, 0.1) is 13.2 Å². The first-order valence-corrected chi connectivity index (χ1v) is 42.6. The number of allylic oxidation sites excluding steroid dienone is 8. The Morgan fingerprint density at radius 2 is 0.591 bits per heavy atom. The number of unbranched alkanes of at least 4 members (excludes halogenated alkanes) is 58. The number of carbonyl (C=O) groups excluding carboxylic acids is 2. The van der Waals surface area contributed by atoms with Crippen molar-refractivity contribution in [3.05, 3.63) is 48.6 Å². The molecule has 0 aliphatic rings. The number of esters is 2. The molecule has 0 saturated heterocycles. The monoisotopic (exact) mass is 1330 g/mol. The highest BCUT2D eigenvalue weighted by Crippen LogP contribution is 2.43. The first-order chi connectivity index (χ1) is 45.8. The second-order valence-corrected chi connectivity index (χ2v) is 29.4. The van der Waals surface area contributed by atoms with Gasteiger partial charge in [-0.3, -0.25) is 18.6 Å². The summed E-state index contributed by atoms with van der Waals surface area (Å²) in [6.45, 7) is 3.72. The molecule has 3 N–H and O–H groups in total. The topological polar surface area (TPSA) is 134 Å². The Kier molecular flexibility index (Phi) is 77.2. The molecule has 548 valence electrons. The molecule has 0 rings (SSSR count). The third-order valence-electron chi connectivity index (χ3n) is 18.7. The summed E-state index contributed by atoms with van der Waals surface area (Å²) in [7, 11) is -4.39. The van der Waals surface area contributed by atoms with Gasteiger partial charge in [0, 0.05) is 19.4 Å². The van der Waals surface area contributed by atoms with Crippen LogP contribution in [0.4, 0.5) is 0 Å². The fourth-order valence-electron chi connectivity index (χ4n) is 12.7. The zero-order chi connectivity index (χ0) is 67.2. The smallest absolute Gasteiger partial charge is 0.462 e. The quantitative estimate of drug-likeness (QED) is 0.0264. The SMILES string of the molecule is CC/C=C\C/C=C\C/C=C\C/C=C\CCCCCCCCCCCCCCCCCCCCCCCCCCCCC(=O)OC(COC(=O)CCCCCCCCCCCCCCCCCCCCCCCCCCCCCCCCCCC)COP(=O)(O)OCCN. The molecule has 0 radical (unpaired) electrons. The lowest BCUT2D eigenvalue weighted by atomic mass is 10.0. The van der Waals surface area contributed by atoms with Crippen molar-refractivity contribution in [2.75, 3.05) is 26.4 Å². The first-order valence-electron chi connectivity index (χ1n) is 41.1. The number of rotatable bonds is 79. The lowest BCUT2D eigenvalue weighted by Crippen LogP contribution is -2.29. The summed E-state index contributed by atoms with van der Waals surface area (Å²) < 4.78 is 33.3. The zero-order valence-corrected chi connectivity index (χ0v) is 62.9. The highest BCUT2D eigenvalue weighted by Gasteiger charge is 2.26. The third kappa shape index (κ3) is 78.8. The predicted octanol–water partition coefficient (Wildman–Crippen LogP) is 27.5. The molecule has 0 aromatic carbocycles. The minimum atomic E-state index is -4.39. The molecule has 2 atom stereocenters. The van der Waals surface area contributed by atoms with Crippen molar-refractivity contribution < 1.29 is 37.6 Å². The summed E-state index contributed by atoms with van der Waals surface area (Å²) in [4.78, 5) is 35.5. The van der Waals surface area contributed by atoms with E-state index in [9.17, 15) is 19.0 Å². The van der Waals surface area contributed by atoms with Crippen LogP contribution in [0.25, 0.3) is 0 Å². The highest BCUT2D eigenvalue weighted by atomic mass is 31.2. The Labute approximate surface area is 578 Å². The Morgan fingerprint density at radius 3 is 0.882 bits per heavy atom. The molecule has 0 bridgehead atoms. The summed E-state index contributed by atoms with van der Waals surface area (Å²) >= 11 is 0. The van der Waals surface area contributed by atoms with E-state index < -0.39 is 26.5 Å². The standard InChI is InChI=1S/C83H158NO8P/c1-3-5-7-9-11-13-15-17-19-21-23-25-27-29-31-33-35-37-38-39-40-41-42-44-46-48-50-52-54-56-58-60-62-64-66-68-70-72-74-76-83(86)92-81(80-91-93(87,88)90-78-77-84)79-89-82(85)75-73-71-69-67-65-63-61-59-57-55-53-51-49-47-45-43-36-34-32-30-28-26-24-22-20-18-16-14-12-10-8-6-4-2/h5,7,11,13,17,19,23,25,81H,3-4,6,8-10,12,14-16,18,20-22,24,26-80,84H2,1-2H3,(H,87,88)/b7-5-,13-11-,19-17-,25-23-. The molecular weight excluding hydrogens is 1170 g/mol. The van der Waals surface area contributed by atoms with Gasteiger partial charge >= 0.3 is 19.8 Å². The largest absolute Gasteiger partial charge is 0.472 e. The fourth-order valence-corrected chi connectivity index (χ4v) is 13.5. The van der Waals surface area contributed by atoms with Crippen LogP contribution in [-0.2, 0) is 32.7 Å². The molecule has 0 saturated carbocycles. The van der Waals surface area contributed by atoms with Gasteiger partial charge in [-0.05, 0) is 51.4 Å². The minimum absolute atomic E-state index is 0.0568. The lowest BCUT2D eigenvalue weighted by Gasteiger charge is -2.19. The van der Waals surface area contributed by atoms with Crippen molar-refractivity contribution in [3.63, 3.8) is 0 Å². The van der Waals surface area contributed by atoms with E-state index >= 15 is 0 Å². The van der Waals surface area contributed by atoms with E-state index in [1.54, 1.807) is 0 Å². The number of nitrogens with two attached hydrogens (primary N) is 1.